The Labute approximate surface area is 112 Å². The number of nitrogens with zero attached hydrogens (tertiary/aromatic N) is 1. The Morgan fingerprint density at radius 2 is 2.22 bits per heavy atom. The molecule has 0 aliphatic heterocycles. The highest BCUT2D eigenvalue weighted by molar-refractivity contribution is 7.09. The number of ether oxygens (including phenoxy) is 1. The summed E-state index contributed by atoms with van der Waals surface area (Å²) in [6, 6.07) is 8.13. The normalized spacial score (nSPS) is 10.5. The van der Waals surface area contributed by atoms with E-state index in [-0.39, 0.29) is 0 Å². The monoisotopic (exact) mass is 262 g/mol. The third-order valence-electron chi connectivity index (χ3n) is 2.52. The maximum atomic E-state index is 5.72. The van der Waals surface area contributed by atoms with Gasteiger partial charge in [-0.05, 0) is 23.9 Å². The fraction of sp³-hybridized carbons (Fsp3) is 0.357. The van der Waals surface area contributed by atoms with Gasteiger partial charge in [-0.3, -0.25) is 0 Å². The van der Waals surface area contributed by atoms with E-state index in [0.29, 0.717) is 13.2 Å². The highest BCUT2D eigenvalue weighted by atomic mass is 32.1. The van der Waals surface area contributed by atoms with Crippen LogP contribution in [0.15, 0.2) is 35.8 Å². The number of hydrogen-bond acceptors (Lipinski definition) is 4. The van der Waals surface area contributed by atoms with E-state index in [9.17, 15) is 0 Å². The van der Waals surface area contributed by atoms with Gasteiger partial charge in [-0.25, -0.2) is 4.98 Å². The van der Waals surface area contributed by atoms with Crippen LogP contribution >= 0.6 is 11.3 Å². The Morgan fingerprint density at radius 1 is 1.28 bits per heavy atom. The predicted molar refractivity (Wildman–Crippen MR) is 75.8 cm³/mol. The maximum Gasteiger partial charge on any atom is 0.131 e. The molecular weight excluding hydrogens is 244 g/mol. The van der Waals surface area contributed by atoms with Crippen molar-refractivity contribution >= 4 is 17.2 Å². The van der Waals surface area contributed by atoms with Crippen molar-refractivity contribution in [2.24, 2.45) is 0 Å². The molecule has 0 aliphatic rings. The van der Waals surface area contributed by atoms with Crippen LogP contribution in [0, 0.1) is 0 Å². The van der Waals surface area contributed by atoms with E-state index in [0.717, 1.165) is 24.3 Å². The molecule has 96 valence electrons. The van der Waals surface area contributed by atoms with E-state index in [1.165, 1.54) is 4.88 Å². The molecule has 0 radical (unpaired) electrons. The Hall–Kier alpha value is -1.39. The Kier molecular flexibility index (Phi) is 5.17. The van der Waals surface area contributed by atoms with Crippen LogP contribution in [0.1, 0.15) is 23.8 Å². The first-order valence-electron chi connectivity index (χ1n) is 6.18. The van der Waals surface area contributed by atoms with E-state index < -0.39 is 0 Å². The van der Waals surface area contributed by atoms with Crippen LogP contribution < -0.4 is 5.32 Å². The van der Waals surface area contributed by atoms with Gasteiger partial charge in [-0.1, -0.05) is 19.1 Å². The quantitative estimate of drug-likeness (QED) is 0.826. The van der Waals surface area contributed by atoms with Crippen molar-refractivity contribution in [2.45, 2.75) is 26.6 Å². The molecule has 0 amide bonds. The SMILES string of the molecule is CCCNc1ncccc1COCc1cccs1. The molecule has 0 atom stereocenters. The van der Waals surface area contributed by atoms with Crippen molar-refractivity contribution in [3.8, 4) is 0 Å². The molecule has 0 aromatic carbocycles. The Bertz CT molecular complexity index is 457. The minimum Gasteiger partial charge on any atom is -0.371 e. The largest absolute Gasteiger partial charge is 0.371 e. The fourth-order valence-electron chi connectivity index (χ4n) is 1.61. The number of pyridine rings is 1. The average molecular weight is 262 g/mol. The lowest BCUT2D eigenvalue weighted by Gasteiger charge is -2.10. The third-order valence-corrected chi connectivity index (χ3v) is 3.37. The van der Waals surface area contributed by atoms with E-state index in [1.54, 1.807) is 17.5 Å². The molecule has 0 fully saturated rings. The van der Waals surface area contributed by atoms with Crippen molar-refractivity contribution in [3.63, 3.8) is 0 Å². The summed E-state index contributed by atoms with van der Waals surface area (Å²) < 4.78 is 5.72. The van der Waals surface area contributed by atoms with Crippen LogP contribution in [0.4, 0.5) is 5.82 Å². The Balaban J connectivity index is 1.87. The molecule has 3 nitrogen and oxygen atoms in total. The first-order chi connectivity index (χ1) is 8.90. The molecule has 2 heterocycles. The summed E-state index contributed by atoms with van der Waals surface area (Å²) in [4.78, 5) is 5.60. The topological polar surface area (TPSA) is 34.2 Å². The molecule has 1 N–H and O–H groups in total. The highest BCUT2D eigenvalue weighted by Crippen LogP contribution is 2.15. The second kappa shape index (κ2) is 7.13. The molecule has 0 spiro atoms. The van der Waals surface area contributed by atoms with Crippen molar-refractivity contribution in [3.05, 3.63) is 46.3 Å². The van der Waals surface area contributed by atoms with Crippen molar-refractivity contribution in [1.82, 2.24) is 4.98 Å². The van der Waals surface area contributed by atoms with E-state index in [2.05, 4.69) is 34.7 Å². The van der Waals surface area contributed by atoms with Gasteiger partial charge in [0.1, 0.15) is 5.82 Å². The molecule has 0 aliphatic carbocycles. The summed E-state index contributed by atoms with van der Waals surface area (Å²) in [5.41, 5.74) is 1.11. The first-order valence-corrected chi connectivity index (χ1v) is 7.06. The summed E-state index contributed by atoms with van der Waals surface area (Å²) in [6.45, 7) is 4.34. The molecule has 2 aromatic heterocycles. The molecular formula is C14H18N2OS. The third kappa shape index (κ3) is 3.82. The zero-order valence-electron chi connectivity index (χ0n) is 10.6. The standard InChI is InChI=1S/C14H18N2OS/c1-2-7-15-14-12(5-3-8-16-14)10-17-11-13-6-4-9-18-13/h3-6,8-9H,2,7,10-11H2,1H3,(H,15,16). The van der Waals surface area contributed by atoms with Gasteiger partial charge in [0.25, 0.3) is 0 Å². The lowest BCUT2D eigenvalue weighted by atomic mass is 10.2. The molecule has 0 saturated carbocycles. The molecule has 2 aromatic rings. The summed E-state index contributed by atoms with van der Waals surface area (Å²) in [6.07, 6.45) is 2.90. The van der Waals surface area contributed by atoms with Gasteiger partial charge < -0.3 is 10.1 Å². The van der Waals surface area contributed by atoms with Gasteiger partial charge >= 0.3 is 0 Å². The van der Waals surface area contributed by atoms with Crippen molar-refractivity contribution in [1.29, 1.82) is 0 Å². The van der Waals surface area contributed by atoms with Crippen LogP contribution in [-0.2, 0) is 18.0 Å². The minimum absolute atomic E-state index is 0.595. The average Bonchev–Trinajstić information content (AvgIpc) is 2.91. The number of aromatic nitrogens is 1. The molecule has 0 unspecified atom stereocenters. The Morgan fingerprint density at radius 3 is 3.00 bits per heavy atom. The second-order valence-corrected chi connectivity index (χ2v) is 5.04. The number of rotatable bonds is 7. The number of hydrogen-bond donors (Lipinski definition) is 1. The van der Waals surface area contributed by atoms with Gasteiger partial charge in [0.15, 0.2) is 0 Å². The van der Waals surface area contributed by atoms with Crippen LogP contribution in [-0.4, -0.2) is 11.5 Å². The van der Waals surface area contributed by atoms with Crippen LogP contribution in [0.2, 0.25) is 0 Å². The van der Waals surface area contributed by atoms with Gasteiger partial charge in [0, 0.05) is 23.2 Å². The zero-order valence-corrected chi connectivity index (χ0v) is 11.4. The lowest BCUT2D eigenvalue weighted by Crippen LogP contribution is -2.06. The maximum absolute atomic E-state index is 5.72. The van der Waals surface area contributed by atoms with E-state index >= 15 is 0 Å². The molecule has 18 heavy (non-hydrogen) atoms. The highest BCUT2D eigenvalue weighted by Gasteiger charge is 2.03. The summed E-state index contributed by atoms with van der Waals surface area (Å²) in [5, 5.41) is 5.38. The van der Waals surface area contributed by atoms with Crippen molar-refractivity contribution in [2.75, 3.05) is 11.9 Å². The molecule has 0 bridgehead atoms. The van der Waals surface area contributed by atoms with Gasteiger partial charge in [-0.15, -0.1) is 11.3 Å². The smallest absolute Gasteiger partial charge is 0.131 e. The predicted octanol–water partition coefficient (Wildman–Crippen LogP) is 3.68. The first kappa shape index (κ1) is 13.1. The summed E-state index contributed by atoms with van der Waals surface area (Å²) >= 11 is 1.72. The second-order valence-electron chi connectivity index (χ2n) is 4.01. The summed E-state index contributed by atoms with van der Waals surface area (Å²) in [5.74, 6) is 0.936. The van der Waals surface area contributed by atoms with Crippen molar-refractivity contribution < 1.29 is 4.74 Å². The van der Waals surface area contributed by atoms with Crippen LogP contribution in [0.25, 0.3) is 0 Å². The van der Waals surface area contributed by atoms with Crippen LogP contribution in [0.3, 0.4) is 0 Å². The number of anilines is 1. The lowest BCUT2D eigenvalue weighted by molar-refractivity contribution is 0.109. The van der Waals surface area contributed by atoms with Gasteiger partial charge in [0.05, 0.1) is 13.2 Å². The fourth-order valence-corrected chi connectivity index (χ4v) is 2.25. The van der Waals surface area contributed by atoms with Crippen LogP contribution in [0.5, 0.6) is 0 Å². The van der Waals surface area contributed by atoms with Gasteiger partial charge in [0.2, 0.25) is 0 Å². The van der Waals surface area contributed by atoms with Gasteiger partial charge in [-0.2, -0.15) is 0 Å². The zero-order chi connectivity index (χ0) is 12.6. The number of nitrogens with one attached hydrogen (secondary N) is 1. The molecule has 2 rings (SSSR count). The van der Waals surface area contributed by atoms with E-state index in [1.807, 2.05) is 12.1 Å². The summed E-state index contributed by atoms with van der Waals surface area (Å²) in [7, 11) is 0. The molecule has 4 heteroatoms. The minimum atomic E-state index is 0.595. The number of thiophene rings is 1. The molecule has 0 saturated heterocycles. The van der Waals surface area contributed by atoms with E-state index in [4.69, 9.17) is 4.74 Å².